The predicted molar refractivity (Wildman–Crippen MR) is 126 cm³/mol. The molecule has 2 heterocycles. The molecule has 0 fully saturated rings. The fourth-order valence-corrected chi connectivity index (χ4v) is 3.65. The van der Waals surface area contributed by atoms with Crippen molar-refractivity contribution in [3.05, 3.63) is 68.0 Å². The summed E-state index contributed by atoms with van der Waals surface area (Å²) < 4.78 is 1.66. The topological polar surface area (TPSA) is 153 Å². The van der Waals surface area contributed by atoms with Gasteiger partial charge in [0.15, 0.2) is 5.82 Å². The molecule has 0 atom stereocenters. The monoisotopic (exact) mass is 545 g/mol. The van der Waals surface area contributed by atoms with Crippen LogP contribution in [-0.4, -0.2) is 49.8 Å². The Labute approximate surface area is 207 Å². The Balaban J connectivity index is 2.07. The van der Waals surface area contributed by atoms with Crippen LogP contribution in [0.3, 0.4) is 0 Å². The van der Waals surface area contributed by atoms with Gasteiger partial charge < -0.3 is 10.4 Å². The second-order valence-electron chi connectivity index (χ2n) is 7.07. The molecular weight excluding hydrogens is 530 g/mol. The fraction of sp³-hybridized carbons (Fsp3) is 0.143. The normalized spacial score (nSPS) is 10.4. The number of halogens is 2. The first kappa shape index (κ1) is 24.7. The lowest BCUT2D eigenvalue weighted by molar-refractivity contribution is 0.0706. The van der Waals surface area contributed by atoms with Gasteiger partial charge in [-0.15, -0.1) is 0 Å². The van der Waals surface area contributed by atoms with E-state index in [0.29, 0.717) is 26.6 Å². The number of nitrogens with one attached hydrogen (secondary N) is 2. The molecule has 0 aliphatic carbocycles. The van der Waals surface area contributed by atoms with Crippen molar-refractivity contribution in [2.75, 3.05) is 12.4 Å². The third-order valence-corrected chi connectivity index (χ3v) is 5.52. The van der Waals surface area contributed by atoms with Crippen LogP contribution in [0, 0.1) is 25.2 Å². The lowest BCUT2D eigenvalue weighted by atomic mass is 10.0. The summed E-state index contributed by atoms with van der Waals surface area (Å²) in [7, 11) is 1.20. The number of benzene rings is 1. The molecule has 2 aromatic heterocycles. The summed E-state index contributed by atoms with van der Waals surface area (Å²) in [4.78, 5) is 41.4. The molecule has 13 heteroatoms. The molecule has 0 saturated heterocycles. The van der Waals surface area contributed by atoms with Gasteiger partial charge in [0.1, 0.15) is 10.3 Å². The lowest BCUT2D eigenvalue weighted by Crippen LogP contribution is -2.43. The fourth-order valence-electron chi connectivity index (χ4n) is 3.13. The van der Waals surface area contributed by atoms with Gasteiger partial charge in [0.25, 0.3) is 11.8 Å². The van der Waals surface area contributed by atoms with E-state index in [1.807, 2.05) is 11.5 Å². The Morgan fingerprint density at radius 2 is 1.97 bits per heavy atom. The van der Waals surface area contributed by atoms with Gasteiger partial charge in [-0.2, -0.15) is 10.4 Å². The smallest absolute Gasteiger partial charge is 0.423 e. The maximum Gasteiger partial charge on any atom is 0.423 e. The van der Waals surface area contributed by atoms with Gasteiger partial charge in [-0.25, -0.2) is 19.9 Å². The molecule has 0 bridgehead atoms. The zero-order chi connectivity index (χ0) is 25.2. The van der Waals surface area contributed by atoms with Gasteiger partial charge in [0.05, 0.1) is 22.9 Å². The summed E-state index contributed by atoms with van der Waals surface area (Å²) in [6, 6.07) is 7.77. The van der Waals surface area contributed by atoms with Gasteiger partial charge in [0, 0.05) is 29.9 Å². The van der Waals surface area contributed by atoms with Crippen molar-refractivity contribution >= 4 is 51.1 Å². The Morgan fingerprint density at radius 3 is 2.62 bits per heavy atom. The minimum absolute atomic E-state index is 0.0802. The molecule has 0 unspecified atom stereocenters. The maximum absolute atomic E-state index is 13.3. The third kappa shape index (κ3) is 5.00. The van der Waals surface area contributed by atoms with Crippen molar-refractivity contribution in [2.45, 2.75) is 13.8 Å². The Hall–Kier alpha value is -3.95. The zero-order valence-corrected chi connectivity index (χ0v) is 20.4. The number of nitrogens with zero attached hydrogens (tertiary/aromatic N) is 5. The number of hydrogen-bond acceptors (Lipinski definition) is 6. The number of carboxylic acid groups (broad SMARTS) is 1. The van der Waals surface area contributed by atoms with Gasteiger partial charge in [-0.3, -0.25) is 14.6 Å². The predicted octanol–water partition coefficient (Wildman–Crippen LogP) is 3.68. The molecule has 11 nitrogen and oxygen atoms in total. The number of carbonyl (C=O) groups is 3. The summed E-state index contributed by atoms with van der Waals surface area (Å²) in [5.41, 5.74) is 3.21. The van der Waals surface area contributed by atoms with Crippen LogP contribution in [0.4, 0.5) is 10.5 Å². The van der Waals surface area contributed by atoms with Gasteiger partial charge >= 0.3 is 6.09 Å². The van der Waals surface area contributed by atoms with E-state index >= 15 is 0 Å². The van der Waals surface area contributed by atoms with Gasteiger partial charge in [0.2, 0.25) is 0 Å². The van der Waals surface area contributed by atoms with E-state index in [9.17, 15) is 19.6 Å². The van der Waals surface area contributed by atoms with Crippen LogP contribution in [0.15, 0.2) is 35.1 Å². The number of hydrogen-bond donors (Lipinski definition) is 3. The van der Waals surface area contributed by atoms with E-state index in [0.717, 1.165) is 5.01 Å². The average Bonchev–Trinajstić information content (AvgIpc) is 3.17. The van der Waals surface area contributed by atoms with E-state index in [2.05, 4.69) is 31.3 Å². The number of anilines is 1. The maximum atomic E-state index is 13.3. The molecule has 1 aromatic carbocycles. The Bertz CT molecular complexity index is 1370. The van der Waals surface area contributed by atoms with E-state index in [1.165, 1.54) is 36.1 Å². The van der Waals surface area contributed by atoms with Crippen molar-refractivity contribution in [1.29, 1.82) is 5.26 Å². The van der Waals surface area contributed by atoms with Crippen LogP contribution in [0.5, 0.6) is 0 Å². The minimum atomic E-state index is -1.45. The molecule has 3 aromatic rings. The summed E-state index contributed by atoms with van der Waals surface area (Å²) in [5.74, 6) is -1.07. The highest BCUT2D eigenvalue weighted by molar-refractivity contribution is 9.10. The highest BCUT2D eigenvalue weighted by Crippen LogP contribution is 2.27. The third-order valence-electron chi connectivity index (χ3n) is 4.73. The quantitative estimate of drug-likeness (QED) is 0.422. The van der Waals surface area contributed by atoms with Crippen molar-refractivity contribution in [3.8, 4) is 11.9 Å². The molecule has 0 radical (unpaired) electrons. The summed E-state index contributed by atoms with van der Waals surface area (Å²) in [6.45, 7) is 3.34. The molecular formula is C21H17BrClN7O4. The SMILES string of the molecule is Cc1cc(C#N)cc(C(=O)N(C)NC(=O)O)c1NC(=O)c1cc(Br)nn1-c1nccc(Cl)c1C. The summed E-state index contributed by atoms with van der Waals surface area (Å²) >= 11 is 9.45. The molecule has 3 rings (SSSR count). The van der Waals surface area contributed by atoms with Crippen molar-refractivity contribution in [1.82, 2.24) is 25.2 Å². The van der Waals surface area contributed by atoms with Crippen LogP contribution in [-0.2, 0) is 0 Å². The summed E-state index contributed by atoms with van der Waals surface area (Å²) in [5, 5.41) is 26.4. The lowest BCUT2D eigenvalue weighted by Gasteiger charge is -2.20. The van der Waals surface area contributed by atoms with Gasteiger partial charge in [-0.05, 0) is 53.5 Å². The van der Waals surface area contributed by atoms with Crippen LogP contribution in [0.1, 0.15) is 37.5 Å². The molecule has 0 saturated carbocycles. The first-order valence-electron chi connectivity index (χ1n) is 9.54. The number of pyridine rings is 1. The number of hydrazine groups is 1. The first-order chi connectivity index (χ1) is 16.0. The van der Waals surface area contributed by atoms with Crippen LogP contribution < -0.4 is 10.7 Å². The highest BCUT2D eigenvalue weighted by atomic mass is 79.9. The van der Waals surface area contributed by atoms with Crippen molar-refractivity contribution in [2.24, 2.45) is 0 Å². The van der Waals surface area contributed by atoms with Crippen LogP contribution in [0.2, 0.25) is 5.02 Å². The molecule has 0 aliphatic heterocycles. The van der Waals surface area contributed by atoms with Crippen LogP contribution >= 0.6 is 27.5 Å². The second kappa shape index (κ2) is 9.90. The molecule has 3 N–H and O–H groups in total. The van der Waals surface area contributed by atoms with Crippen molar-refractivity contribution < 1.29 is 19.5 Å². The number of amides is 3. The minimum Gasteiger partial charge on any atom is -0.464 e. The Kier molecular flexibility index (Phi) is 7.19. The number of nitriles is 1. The first-order valence-corrected chi connectivity index (χ1v) is 10.7. The molecule has 174 valence electrons. The van der Waals surface area contributed by atoms with Gasteiger partial charge in [-0.1, -0.05) is 11.6 Å². The summed E-state index contributed by atoms with van der Waals surface area (Å²) in [6.07, 6.45) is 0.0297. The molecule has 0 aliphatic rings. The van der Waals surface area contributed by atoms with Crippen molar-refractivity contribution in [3.63, 3.8) is 0 Å². The number of aromatic nitrogens is 3. The standard InChI is InChI=1S/C21H17BrClN7O4/c1-10-6-12(9-24)7-13(20(32)29(3)28-21(33)34)17(10)26-19(31)15-8-16(22)27-30(15)18-11(2)14(23)4-5-25-18/h4-8,28H,1-3H3,(H,26,31)(H,33,34). The molecule has 3 amide bonds. The Morgan fingerprint density at radius 1 is 1.26 bits per heavy atom. The highest BCUT2D eigenvalue weighted by Gasteiger charge is 2.24. The van der Waals surface area contributed by atoms with Crippen LogP contribution in [0.25, 0.3) is 5.82 Å². The number of aryl methyl sites for hydroxylation is 1. The van der Waals surface area contributed by atoms with E-state index in [-0.39, 0.29) is 22.5 Å². The zero-order valence-electron chi connectivity index (χ0n) is 18.1. The molecule has 34 heavy (non-hydrogen) atoms. The van der Waals surface area contributed by atoms with E-state index in [1.54, 1.807) is 19.9 Å². The number of rotatable bonds is 4. The molecule has 0 spiro atoms. The second-order valence-corrected chi connectivity index (χ2v) is 8.29. The average molecular weight is 547 g/mol. The van der Waals surface area contributed by atoms with E-state index in [4.69, 9.17) is 16.7 Å². The number of carbonyl (C=O) groups excluding carboxylic acids is 2. The largest absolute Gasteiger partial charge is 0.464 e. The van der Waals surface area contributed by atoms with E-state index < -0.39 is 17.9 Å².